The molecule has 92 valence electrons. The molecule has 4 nitrogen and oxygen atoms in total. The van der Waals surface area contributed by atoms with Crippen molar-refractivity contribution in [3.8, 4) is 10.8 Å². The van der Waals surface area contributed by atoms with Gasteiger partial charge in [-0.05, 0) is 48.0 Å². The van der Waals surface area contributed by atoms with Gasteiger partial charge in [-0.15, -0.1) is 21.5 Å². The Labute approximate surface area is 113 Å². The van der Waals surface area contributed by atoms with Crippen LogP contribution in [0.5, 0.6) is 0 Å². The quantitative estimate of drug-likeness (QED) is 0.937. The van der Waals surface area contributed by atoms with Gasteiger partial charge in [-0.25, -0.2) is 0 Å². The van der Waals surface area contributed by atoms with E-state index in [0.29, 0.717) is 11.8 Å². The van der Waals surface area contributed by atoms with Crippen LogP contribution < -0.4 is 5.32 Å². The monoisotopic (exact) mass is 315 g/mol. The van der Waals surface area contributed by atoms with Gasteiger partial charge in [0, 0.05) is 0 Å². The van der Waals surface area contributed by atoms with Crippen molar-refractivity contribution in [3.05, 3.63) is 21.3 Å². The summed E-state index contributed by atoms with van der Waals surface area (Å²) in [5, 5.41) is 11.4. The second-order valence-corrected chi connectivity index (χ2v) is 6.16. The predicted octanol–water partition coefficient (Wildman–Crippen LogP) is 3.54. The highest BCUT2D eigenvalue weighted by Gasteiger charge is 2.16. The lowest BCUT2D eigenvalue weighted by Crippen LogP contribution is -2.17. The molecule has 0 saturated carbocycles. The number of hydrogen-bond acceptors (Lipinski definition) is 5. The number of nitrogens with zero attached hydrogens (tertiary/aromatic N) is 2. The van der Waals surface area contributed by atoms with Gasteiger partial charge in [0.1, 0.15) is 0 Å². The van der Waals surface area contributed by atoms with Crippen LogP contribution in [-0.2, 0) is 0 Å². The van der Waals surface area contributed by atoms with Crippen molar-refractivity contribution >= 4 is 27.3 Å². The summed E-state index contributed by atoms with van der Waals surface area (Å²) in [6.45, 7) is 6.98. The van der Waals surface area contributed by atoms with Crippen molar-refractivity contribution < 1.29 is 4.42 Å². The highest BCUT2D eigenvalue weighted by Crippen LogP contribution is 2.34. The van der Waals surface area contributed by atoms with Crippen LogP contribution in [0.2, 0.25) is 0 Å². The summed E-state index contributed by atoms with van der Waals surface area (Å²) in [7, 11) is 0. The van der Waals surface area contributed by atoms with Crippen molar-refractivity contribution in [2.75, 3.05) is 6.54 Å². The highest BCUT2D eigenvalue weighted by molar-refractivity contribution is 9.11. The molecule has 1 unspecified atom stereocenters. The van der Waals surface area contributed by atoms with Gasteiger partial charge in [-0.1, -0.05) is 6.92 Å². The van der Waals surface area contributed by atoms with Gasteiger partial charge < -0.3 is 9.73 Å². The average Bonchev–Trinajstić information content (AvgIpc) is 2.87. The van der Waals surface area contributed by atoms with Gasteiger partial charge >= 0.3 is 0 Å². The van der Waals surface area contributed by atoms with Crippen molar-refractivity contribution in [1.29, 1.82) is 0 Å². The standard InChI is InChI=1S/C11H14BrN3OS/c1-4-13-7(3)10-14-15-11(16-10)8-5-6(2)9(12)17-8/h5,7,13H,4H2,1-3H3. The number of nitrogens with one attached hydrogen (secondary N) is 1. The zero-order valence-electron chi connectivity index (χ0n) is 9.95. The third kappa shape index (κ3) is 2.75. The van der Waals surface area contributed by atoms with E-state index < -0.39 is 0 Å². The number of thiophene rings is 1. The molecule has 1 atom stereocenters. The Morgan fingerprint density at radius 3 is 2.88 bits per heavy atom. The fourth-order valence-electron chi connectivity index (χ4n) is 1.47. The molecule has 2 aromatic heterocycles. The molecule has 0 fully saturated rings. The van der Waals surface area contributed by atoms with Crippen LogP contribution in [0.4, 0.5) is 0 Å². The summed E-state index contributed by atoms with van der Waals surface area (Å²) in [5.74, 6) is 1.22. The van der Waals surface area contributed by atoms with E-state index >= 15 is 0 Å². The normalized spacial score (nSPS) is 12.9. The van der Waals surface area contributed by atoms with E-state index in [1.54, 1.807) is 11.3 Å². The Balaban J connectivity index is 2.23. The SMILES string of the molecule is CCNC(C)c1nnc(-c2cc(C)c(Br)s2)o1. The first kappa shape index (κ1) is 12.7. The van der Waals surface area contributed by atoms with Crippen LogP contribution in [0.1, 0.15) is 31.3 Å². The Hall–Kier alpha value is -0.720. The van der Waals surface area contributed by atoms with E-state index in [1.165, 1.54) is 5.56 Å². The molecule has 0 spiro atoms. The lowest BCUT2D eigenvalue weighted by Gasteiger charge is -2.05. The molecule has 0 aliphatic rings. The third-order valence-corrected chi connectivity index (χ3v) is 4.51. The predicted molar refractivity (Wildman–Crippen MR) is 72.1 cm³/mol. The molecule has 0 aliphatic carbocycles. The molecule has 6 heteroatoms. The van der Waals surface area contributed by atoms with E-state index in [0.717, 1.165) is 15.2 Å². The van der Waals surface area contributed by atoms with Crippen LogP contribution in [0.3, 0.4) is 0 Å². The molecule has 0 saturated heterocycles. The summed E-state index contributed by atoms with van der Waals surface area (Å²) in [5.41, 5.74) is 1.18. The van der Waals surface area contributed by atoms with Crippen molar-refractivity contribution in [2.45, 2.75) is 26.8 Å². The maximum Gasteiger partial charge on any atom is 0.257 e. The molecule has 17 heavy (non-hydrogen) atoms. The van der Waals surface area contributed by atoms with Crippen LogP contribution in [0.25, 0.3) is 10.8 Å². The number of rotatable bonds is 4. The molecule has 0 aliphatic heterocycles. The van der Waals surface area contributed by atoms with Gasteiger partial charge in [0.05, 0.1) is 14.7 Å². The minimum Gasteiger partial charge on any atom is -0.418 e. The summed E-state index contributed by atoms with van der Waals surface area (Å²) in [4.78, 5) is 0.997. The largest absolute Gasteiger partial charge is 0.418 e. The summed E-state index contributed by atoms with van der Waals surface area (Å²) < 4.78 is 6.76. The van der Waals surface area contributed by atoms with Gasteiger partial charge in [0.25, 0.3) is 5.89 Å². The first-order valence-corrected chi connectivity index (χ1v) is 7.05. The molecule has 1 N–H and O–H groups in total. The summed E-state index contributed by atoms with van der Waals surface area (Å²) in [6.07, 6.45) is 0. The van der Waals surface area contributed by atoms with Crippen LogP contribution >= 0.6 is 27.3 Å². The fraction of sp³-hybridized carbons (Fsp3) is 0.455. The van der Waals surface area contributed by atoms with E-state index in [4.69, 9.17) is 4.42 Å². The molecule has 0 aromatic carbocycles. The second kappa shape index (κ2) is 5.29. The Kier molecular flexibility index (Phi) is 3.96. The van der Waals surface area contributed by atoms with E-state index in [1.807, 2.05) is 26.8 Å². The van der Waals surface area contributed by atoms with Gasteiger partial charge in [0.2, 0.25) is 5.89 Å². The Bertz CT molecular complexity index is 489. The molecule has 0 amide bonds. The maximum absolute atomic E-state index is 5.66. The topological polar surface area (TPSA) is 51.0 Å². The second-order valence-electron chi connectivity index (χ2n) is 3.79. The zero-order chi connectivity index (χ0) is 12.4. The lowest BCUT2D eigenvalue weighted by atomic mass is 10.3. The average molecular weight is 316 g/mol. The number of halogens is 1. The smallest absolute Gasteiger partial charge is 0.257 e. The molecular formula is C11H14BrN3OS. The first-order chi connectivity index (χ1) is 8.11. The molecule has 2 heterocycles. The molecule has 2 rings (SSSR count). The fourth-order valence-corrected chi connectivity index (χ4v) is 2.92. The van der Waals surface area contributed by atoms with Crippen LogP contribution in [-0.4, -0.2) is 16.7 Å². The minimum absolute atomic E-state index is 0.0887. The third-order valence-electron chi connectivity index (χ3n) is 2.39. The Morgan fingerprint density at radius 1 is 1.53 bits per heavy atom. The molecule has 0 bridgehead atoms. The first-order valence-electron chi connectivity index (χ1n) is 5.45. The van der Waals surface area contributed by atoms with Gasteiger partial charge in [-0.2, -0.15) is 0 Å². The number of hydrogen-bond donors (Lipinski definition) is 1. The van der Waals surface area contributed by atoms with E-state index in [2.05, 4.69) is 31.4 Å². The molecule has 0 radical (unpaired) electrons. The Morgan fingerprint density at radius 2 is 2.29 bits per heavy atom. The summed E-state index contributed by atoms with van der Waals surface area (Å²) >= 11 is 5.10. The van der Waals surface area contributed by atoms with Crippen LogP contribution in [0, 0.1) is 6.92 Å². The lowest BCUT2D eigenvalue weighted by molar-refractivity contribution is 0.429. The van der Waals surface area contributed by atoms with Gasteiger partial charge in [-0.3, -0.25) is 0 Å². The number of aromatic nitrogens is 2. The zero-order valence-corrected chi connectivity index (χ0v) is 12.4. The molecule has 2 aromatic rings. The summed E-state index contributed by atoms with van der Waals surface area (Å²) in [6, 6.07) is 2.13. The van der Waals surface area contributed by atoms with E-state index in [-0.39, 0.29) is 6.04 Å². The van der Waals surface area contributed by atoms with Crippen molar-refractivity contribution in [2.24, 2.45) is 0 Å². The number of aryl methyl sites for hydroxylation is 1. The van der Waals surface area contributed by atoms with Crippen molar-refractivity contribution in [3.63, 3.8) is 0 Å². The minimum atomic E-state index is 0.0887. The highest BCUT2D eigenvalue weighted by atomic mass is 79.9. The van der Waals surface area contributed by atoms with Crippen LogP contribution in [0.15, 0.2) is 14.3 Å². The van der Waals surface area contributed by atoms with E-state index in [9.17, 15) is 0 Å². The van der Waals surface area contributed by atoms with Gasteiger partial charge in [0.15, 0.2) is 0 Å². The maximum atomic E-state index is 5.66. The molecular weight excluding hydrogens is 302 g/mol. The van der Waals surface area contributed by atoms with Crippen molar-refractivity contribution in [1.82, 2.24) is 15.5 Å².